The summed E-state index contributed by atoms with van der Waals surface area (Å²) in [6, 6.07) is 0.0609. The average Bonchev–Trinajstić information content (AvgIpc) is 2.36. The molecule has 2 rings (SSSR count). The topological polar surface area (TPSA) is 49.4 Å². The number of hydrogen-bond donors (Lipinski definition) is 1. The van der Waals surface area contributed by atoms with E-state index < -0.39 is 0 Å². The molecule has 1 saturated carbocycles. The van der Waals surface area contributed by atoms with Gasteiger partial charge < -0.3 is 10.2 Å². The van der Waals surface area contributed by atoms with Gasteiger partial charge in [0, 0.05) is 19.0 Å². The van der Waals surface area contributed by atoms with Gasteiger partial charge in [-0.15, -0.1) is 0 Å². The minimum absolute atomic E-state index is 0.0175. The summed E-state index contributed by atoms with van der Waals surface area (Å²) >= 11 is 0. The lowest BCUT2D eigenvalue weighted by Gasteiger charge is -2.42. The highest BCUT2D eigenvalue weighted by Gasteiger charge is 2.38. The van der Waals surface area contributed by atoms with Gasteiger partial charge in [-0.3, -0.25) is 9.59 Å². The molecule has 1 aliphatic carbocycles. The molecule has 0 aromatic carbocycles. The molecule has 0 spiro atoms. The smallest absolute Gasteiger partial charge is 0.245 e. The molecule has 1 aliphatic heterocycles. The molecule has 4 heteroatoms. The summed E-state index contributed by atoms with van der Waals surface area (Å²) in [4.78, 5) is 26.1. The van der Waals surface area contributed by atoms with Crippen molar-refractivity contribution in [3.05, 3.63) is 0 Å². The summed E-state index contributed by atoms with van der Waals surface area (Å²) in [5, 5.41) is 2.87. The van der Waals surface area contributed by atoms with Gasteiger partial charge in [-0.05, 0) is 31.1 Å². The molecule has 1 saturated heterocycles. The lowest BCUT2D eigenvalue weighted by atomic mass is 9.80. The molecule has 0 aromatic heterocycles. The number of carbonyl (C=O) groups excluding carboxylic acids is 2. The first-order valence-corrected chi connectivity index (χ1v) is 7.07. The van der Waals surface area contributed by atoms with E-state index in [0.717, 1.165) is 25.2 Å². The van der Waals surface area contributed by atoms with E-state index >= 15 is 0 Å². The predicted molar refractivity (Wildman–Crippen MR) is 69.9 cm³/mol. The van der Waals surface area contributed by atoms with Crippen LogP contribution in [0.4, 0.5) is 0 Å². The first kappa shape index (κ1) is 13.4. The zero-order chi connectivity index (χ0) is 13.3. The van der Waals surface area contributed by atoms with Gasteiger partial charge in [0.05, 0.1) is 0 Å². The molecule has 0 bridgehead atoms. The van der Waals surface area contributed by atoms with E-state index in [1.54, 1.807) is 0 Å². The zero-order valence-corrected chi connectivity index (χ0v) is 11.6. The Morgan fingerprint density at radius 1 is 1.33 bits per heavy atom. The van der Waals surface area contributed by atoms with Crippen LogP contribution in [0.25, 0.3) is 0 Å². The van der Waals surface area contributed by atoms with E-state index in [0.29, 0.717) is 24.9 Å². The number of rotatable bonds is 3. The molecule has 4 nitrogen and oxygen atoms in total. The normalized spacial score (nSPS) is 33.1. The van der Waals surface area contributed by atoms with E-state index in [-0.39, 0.29) is 17.9 Å². The molecule has 2 aliphatic rings. The second-order valence-corrected chi connectivity index (χ2v) is 6.26. The van der Waals surface area contributed by atoms with Gasteiger partial charge in [0.2, 0.25) is 11.8 Å². The van der Waals surface area contributed by atoms with Crippen molar-refractivity contribution in [1.29, 1.82) is 0 Å². The second-order valence-electron chi connectivity index (χ2n) is 6.26. The van der Waals surface area contributed by atoms with Crippen LogP contribution in [0.3, 0.4) is 0 Å². The van der Waals surface area contributed by atoms with Crippen LogP contribution in [0, 0.1) is 11.8 Å². The van der Waals surface area contributed by atoms with E-state index in [2.05, 4.69) is 26.1 Å². The van der Waals surface area contributed by atoms with Crippen molar-refractivity contribution in [2.45, 2.75) is 58.5 Å². The van der Waals surface area contributed by atoms with Crippen molar-refractivity contribution in [2.24, 2.45) is 11.8 Å². The Morgan fingerprint density at radius 3 is 2.56 bits per heavy atom. The fourth-order valence-electron chi connectivity index (χ4n) is 2.97. The SMILES string of the molecule is CC(C)CC1NC(=O)CCN(C2CC(C)C2)C1=O. The molecule has 0 radical (unpaired) electrons. The van der Waals surface area contributed by atoms with Crippen LogP contribution in [0.5, 0.6) is 0 Å². The third kappa shape index (κ3) is 2.85. The molecule has 102 valence electrons. The summed E-state index contributed by atoms with van der Waals surface area (Å²) < 4.78 is 0. The van der Waals surface area contributed by atoms with Gasteiger partial charge >= 0.3 is 0 Å². The molecule has 1 N–H and O–H groups in total. The Morgan fingerprint density at radius 2 is 2.00 bits per heavy atom. The molecule has 1 unspecified atom stereocenters. The van der Waals surface area contributed by atoms with Gasteiger partial charge in [-0.25, -0.2) is 0 Å². The number of nitrogens with one attached hydrogen (secondary N) is 1. The first-order valence-electron chi connectivity index (χ1n) is 7.07. The van der Waals surface area contributed by atoms with Crippen molar-refractivity contribution in [3.63, 3.8) is 0 Å². The maximum atomic E-state index is 12.5. The molecule has 1 heterocycles. The van der Waals surface area contributed by atoms with Crippen LogP contribution >= 0.6 is 0 Å². The lowest BCUT2D eigenvalue weighted by Crippen LogP contribution is -2.52. The van der Waals surface area contributed by atoms with Gasteiger partial charge in [0.25, 0.3) is 0 Å². The summed E-state index contributed by atoms with van der Waals surface area (Å²) in [7, 11) is 0. The van der Waals surface area contributed by atoms with Crippen LogP contribution in [-0.2, 0) is 9.59 Å². The van der Waals surface area contributed by atoms with Crippen LogP contribution in [0.15, 0.2) is 0 Å². The summed E-state index contributed by atoms with van der Waals surface area (Å²) in [5.74, 6) is 1.29. The molecule has 2 amide bonds. The van der Waals surface area contributed by atoms with E-state index in [9.17, 15) is 9.59 Å². The van der Waals surface area contributed by atoms with Gasteiger partial charge in [0.15, 0.2) is 0 Å². The number of carbonyl (C=O) groups is 2. The van der Waals surface area contributed by atoms with Gasteiger partial charge in [0.1, 0.15) is 6.04 Å². The van der Waals surface area contributed by atoms with Crippen molar-refractivity contribution < 1.29 is 9.59 Å². The summed E-state index contributed by atoms with van der Waals surface area (Å²) in [6.07, 6.45) is 3.37. The molecular weight excluding hydrogens is 228 g/mol. The van der Waals surface area contributed by atoms with E-state index in [4.69, 9.17) is 0 Å². The van der Waals surface area contributed by atoms with Gasteiger partial charge in [-0.2, -0.15) is 0 Å². The fourth-order valence-corrected chi connectivity index (χ4v) is 2.97. The number of amides is 2. The third-order valence-electron chi connectivity index (χ3n) is 3.99. The van der Waals surface area contributed by atoms with Crippen LogP contribution in [-0.4, -0.2) is 35.3 Å². The quantitative estimate of drug-likeness (QED) is 0.828. The Kier molecular flexibility index (Phi) is 3.93. The van der Waals surface area contributed by atoms with E-state index in [1.165, 1.54) is 0 Å². The maximum Gasteiger partial charge on any atom is 0.245 e. The van der Waals surface area contributed by atoms with Crippen molar-refractivity contribution in [2.75, 3.05) is 6.54 Å². The second kappa shape index (κ2) is 5.29. The van der Waals surface area contributed by atoms with Crippen LogP contribution in [0.2, 0.25) is 0 Å². The Hall–Kier alpha value is -1.06. The maximum absolute atomic E-state index is 12.5. The summed E-state index contributed by atoms with van der Waals surface area (Å²) in [6.45, 7) is 6.98. The van der Waals surface area contributed by atoms with Crippen LogP contribution < -0.4 is 5.32 Å². The number of hydrogen-bond acceptors (Lipinski definition) is 2. The van der Waals surface area contributed by atoms with Crippen molar-refractivity contribution in [3.8, 4) is 0 Å². The Balaban J connectivity index is 2.05. The standard InChI is InChI=1S/C14H24N2O2/c1-9(2)6-12-14(18)16(5-4-13(17)15-12)11-7-10(3)8-11/h9-12H,4-8H2,1-3H3,(H,15,17). The summed E-state index contributed by atoms with van der Waals surface area (Å²) in [5.41, 5.74) is 0. The Labute approximate surface area is 109 Å². The van der Waals surface area contributed by atoms with Crippen molar-refractivity contribution >= 4 is 11.8 Å². The Bertz CT molecular complexity index is 335. The zero-order valence-electron chi connectivity index (χ0n) is 11.6. The molecule has 18 heavy (non-hydrogen) atoms. The largest absolute Gasteiger partial charge is 0.344 e. The van der Waals surface area contributed by atoms with E-state index in [1.807, 2.05) is 4.90 Å². The minimum atomic E-state index is -0.309. The van der Waals surface area contributed by atoms with Crippen LogP contribution in [0.1, 0.15) is 46.5 Å². The van der Waals surface area contributed by atoms with Gasteiger partial charge in [-0.1, -0.05) is 20.8 Å². The lowest BCUT2D eigenvalue weighted by molar-refractivity contribution is -0.138. The van der Waals surface area contributed by atoms with Crippen molar-refractivity contribution in [1.82, 2.24) is 10.2 Å². The molecule has 2 fully saturated rings. The molecule has 0 aromatic rings. The monoisotopic (exact) mass is 252 g/mol. The highest BCUT2D eigenvalue weighted by Crippen LogP contribution is 2.32. The minimum Gasteiger partial charge on any atom is -0.344 e. The fraction of sp³-hybridized carbons (Fsp3) is 0.857. The molecular formula is C14H24N2O2. The predicted octanol–water partition coefficient (Wildman–Crippen LogP) is 1.55. The number of nitrogens with zero attached hydrogens (tertiary/aromatic N) is 1. The first-order chi connectivity index (χ1) is 8.47. The molecule has 1 atom stereocenters. The highest BCUT2D eigenvalue weighted by molar-refractivity contribution is 5.90. The third-order valence-corrected chi connectivity index (χ3v) is 3.99. The highest BCUT2D eigenvalue weighted by atomic mass is 16.2. The average molecular weight is 252 g/mol.